The monoisotopic (exact) mass is 412 g/mol. The van der Waals surface area contributed by atoms with E-state index in [1.807, 2.05) is 6.07 Å². The molecule has 0 saturated heterocycles. The summed E-state index contributed by atoms with van der Waals surface area (Å²) in [7, 11) is 0. The number of aryl methyl sites for hydroxylation is 1. The van der Waals surface area contributed by atoms with E-state index in [4.69, 9.17) is 10.2 Å². The van der Waals surface area contributed by atoms with Crippen molar-refractivity contribution < 1.29 is 18.9 Å². The van der Waals surface area contributed by atoms with Gasteiger partial charge < -0.3 is 15.5 Å². The number of nitro benzene ring substituents is 1. The van der Waals surface area contributed by atoms with Gasteiger partial charge in [-0.1, -0.05) is 12.1 Å². The molecule has 0 atom stereocenters. The van der Waals surface area contributed by atoms with Crippen LogP contribution < -0.4 is 16.8 Å². The maximum Gasteiger partial charge on any atom is 0.419 e. The highest BCUT2D eigenvalue weighted by molar-refractivity contribution is 5.92. The van der Waals surface area contributed by atoms with Crippen molar-refractivity contribution in [2.45, 2.75) is 25.8 Å². The number of carbonyl (C=O) groups is 2. The molecule has 10 nitrogen and oxygen atoms in total. The molecule has 0 bridgehead atoms. The van der Waals surface area contributed by atoms with Crippen LogP contribution in [0, 0.1) is 10.1 Å². The second-order valence-corrected chi connectivity index (χ2v) is 6.70. The largest absolute Gasteiger partial charge is 0.419 e. The number of hydrogen-bond donors (Lipinski definition) is 2. The molecule has 0 fully saturated rings. The predicted octanol–water partition coefficient (Wildman–Crippen LogP) is 1.74. The Morgan fingerprint density at radius 2 is 2.00 bits per heavy atom. The van der Waals surface area contributed by atoms with Crippen molar-refractivity contribution in [1.29, 1.82) is 0 Å². The molecule has 0 saturated carbocycles. The van der Waals surface area contributed by atoms with Gasteiger partial charge in [-0.05, 0) is 36.6 Å². The molecule has 10 heteroatoms. The van der Waals surface area contributed by atoms with Crippen molar-refractivity contribution in [3.05, 3.63) is 74.3 Å². The van der Waals surface area contributed by atoms with Gasteiger partial charge in [0.25, 0.3) is 5.69 Å². The first kappa shape index (κ1) is 20.8. The molecule has 3 rings (SSSR count). The summed E-state index contributed by atoms with van der Waals surface area (Å²) in [6.45, 7) is 0.650. The summed E-state index contributed by atoms with van der Waals surface area (Å²) >= 11 is 0. The Hall–Kier alpha value is -3.95. The van der Waals surface area contributed by atoms with Gasteiger partial charge in [0.1, 0.15) is 0 Å². The van der Waals surface area contributed by atoms with E-state index in [0.717, 1.165) is 5.56 Å². The number of non-ortho nitro benzene ring substituents is 1. The molecule has 1 heterocycles. The maximum absolute atomic E-state index is 12.0. The topological polar surface area (TPSA) is 150 Å². The van der Waals surface area contributed by atoms with E-state index in [1.54, 1.807) is 18.2 Å². The lowest BCUT2D eigenvalue weighted by Crippen LogP contribution is -2.26. The van der Waals surface area contributed by atoms with Gasteiger partial charge in [0.2, 0.25) is 11.8 Å². The van der Waals surface area contributed by atoms with Gasteiger partial charge in [-0.15, -0.1) is 0 Å². The fourth-order valence-electron chi connectivity index (χ4n) is 3.09. The number of hydrogen-bond acceptors (Lipinski definition) is 6. The number of oxazole rings is 1. The number of nitrogens with zero attached hydrogens (tertiary/aromatic N) is 2. The molecular weight excluding hydrogens is 392 g/mol. The number of benzene rings is 2. The molecule has 30 heavy (non-hydrogen) atoms. The van der Waals surface area contributed by atoms with Gasteiger partial charge in [-0.3, -0.25) is 24.3 Å². The number of aromatic nitrogens is 1. The lowest BCUT2D eigenvalue weighted by atomic mass is 10.1. The third kappa shape index (κ3) is 4.90. The minimum atomic E-state index is -0.625. The highest BCUT2D eigenvalue weighted by atomic mass is 16.6. The van der Waals surface area contributed by atoms with E-state index in [2.05, 4.69) is 5.32 Å². The molecule has 0 unspecified atom stereocenters. The zero-order valence-corrected chi connectivity index (χ0v) is 16.0. The molecule has 3 aromatic rings. The van der Waals surface area contributed by atoms with E-state index in [-0.39, 0.29) is 30.1 Å². The van der Waals surface area contributed by atoms with E-state index in [9.17, 15) is 24.5 Å². The Bertz CT molecular complexity index is 1160. The molecule has 2 amide bonds. The van der Waals surface area contributed by atoms with Gasteiger partial charge in [-0.25, -0.2) is 4.79 Å². The van der Waals surface area contributed by atoms with E-state index >= 15 is 0 Å². The fourth-order valence-corrected chi connectivity index (χ4v) is 3.09. The highest BCUT2D eigenvalue weighted by Gasteiger charge is 2.14. The van der Waals surface area contributed by atoms with Crippen molar-refractivity contribution in [1.82, 2.24) is 9.88 Å². The number of nitro groups is 1. The zero-order valence-electron chi connectivity index (χ0n) is 16.0. The number of amides is 2. The second-order valence-electron chi connectivity index (χ2n) is 6.70. The normalized spacial score (nSPS) is 10.8. The van der Waals surface area contributed by atoms with Crippen LogP contribution in [0.25, 0.3) is 11.1 Å². The highest BCUT2D eigenvalue weighted by Crippen LogP contribution is 2.20. The molecule has 0 aliphatic heterocycles. The van der Waals surface area contributed by atoms with Crippen LogP contribution in [0.4, 0.5) is 5.69 Å². The summed E-state index contributed by atoms with van der Waals surface area (Å²) in [4.78, 5) is 45.5. The number of carbonyl (C=O) groups excluding carboxylic acids is 2. The average Bonchev–Trinajstić information content (AvgIpc) is 3.02. The van der Waals surface area contributed by atoms with Crippen molar-refractivity contribution in [3.8, 4) is 0 Å². The summed E-state index contributed by atoms with van der Waals surface area (Å²) in [6, 6.07) is 10.9. The Morgan fingerprint density at radius 3 is 2.73 bits per heavy atom. The number of nitrogens with two attached hydrogens (primary N) is 1. The van der Waals surface area contributed by atoms with Crippen LogP contribution in [-0.2, 0) is 17.8 Å². The Morgan fingerprint density at radius 1 is 1.20 bits per heavy atom. The molecule has 156 valence electrons. The van der Waals surface area contributed by atoms with Crippen LogP contribution in [0.2, 0.25) is 0 Å². The van der Waals surface area contributed by atoms with Crippen molar-refractivity contribution >= 4 is 28.6 Å². The first-order valence-electron chi connectivity index (χ1n) is 9.28. The minimum absolute atomic E-state index is 0.136. The van der Waals surface area contributed by atoms with Crippen molar-refractivity contribution in [3.63, 3.8) is 0 Å². The third-order valence-corrected chi connectivity index (χ3v) is 4.60. The fraction of sp³-hybridized carbons (Fsp3) is 0.250. The lowest BCUT2D eigenvalue weighted by Gasteiger charge is -2.07. The number of nitrogens with one attached hydrogen (secondary N) is 1. The maximum atomic E-state index is 12.0. The molecule has 3 N–H and O–H groups in total. The SMILES string of the molecule is NC(=O)c1cccc(CCNC(=O)CCCn2c(=O)oc3cc([N+](=O)[O-])ccc32)c1. The smallest absolute Gasteiger partial charge is 0.407 e. The molecule has 0 aliphatic carbocycles. The molecule has 0 aliphatic rings. The van der Waals surface area contributed by atoms with E-state index in [1.165, 1.54) is 22.8 Å². The summed E-state index contributed by atoms with van der Waals surface area (Å²) < 4.78 is 6.41. The lowest BCUT2D eigenvalue weighted by molar-refractivity contribution is -0.384. The molecule has 0 spiro atoms. The zero-order chi connectivity index (χ0) is 21.7. The molecule has 1 aromatic heterocycles. The first-order valence-corrected chi connectivity index (χ1v) is 9.28. The van der Waals surface area contributed by atoms with Crippen molar-refractivity contribution in [2.24, 2.45) is 5.73 Å². The van der Waals surface area contributed by atoms with Gasteiger partial charge in [0.05, 0.1) is 16.5 Å². The second kappa shape index (κ2) is 9.03. The van der Waals surface area contributed by atoms with E-state index < -0.39 is 16.6 Å². The summed E-state index contributed by atoms with van der Waals surface area (Å²) in [5.41, 5.74) is 6.97. The molecule has 2 aromatic carbocycles. The van der Waals surface area contributed by atoms with Gasteiger partial charge in [-0.2, -0.15) is 0 Å². The van der Waals surface area contributed by atoms with Crippen LogP contribution in [0.3, 0.4) is 0 Å². The first-order chi connectivity index (χ1) is 14.3. The Labute approximate surface area is 170 Å². The van der Waals surface area contributed by atoms with Gasteiger partial charge >= 0.3 is 5.76 Å². The van der Waals surface area contributed by atoms with Gasteiger partial charge in [0.15, 0.2) is 5.58 Å². The number of rotatable bonds is 9. The van der Waals surface area contributed by atoms with Crippen LogP contribution in [0.5, 0.6) is 0 Å². The summed E-state index contributed by atoms with van der Waals surface area (Å²) in [5.74, 6) is -1.30. The Balaban J connectivity index is 1.49. The third-order valence-electron chi connectivity index (χ3n) is 4.60. The van der Waals surface area contributed by atoms with Gasteiger partial charge in [0, 0.05) is 31.1 Å². The molecule has 0 radical (unpaired) electrons. The van der Waals surface area contributed by atoms with Crippen molar-refractivity contribution in [2.75, 3.05) is 6.54 Å². The standard InChI is InChI=1S/C20H20N4O6/c21-19(26)14-4-1-3-13(11-14)8-9-22-18(25)5-2-10-23-16-7-6-15(24(28)29)12-17(16)30-20(23)27/h1,3-4,6-7,11-12H,2,5,8-10H2,(H2,21,26)(H,22,25). The van der Waals surface area contributed by atoms with Crippen LogP contribution in [0.1, 0.15) is 28.8 Å². The molecular formula is C20H20N4O6. The minimum Gasteiger partial charge on any atom is -0.407 e. The number of primary amides is 1. The van der Waals surface area contributed by atoms with Crippen LogP contribution in [0.15, 0.2) is 51.7 Å². The predicted molar refractivity (Wildman–Crippen MR) is 108 cm³/mol. The Kier molecular flexibility index (Phi) is 6.26. The van der Waals surface area contributed by atoms with Crippen LogP contribution >= 0.6 is 0 Å². The number of fused-ring (bicyclic) bond motifs is 1. The quantitative estimate of drug-likeness (QED) is 0.404. The van der Waals surface area contributed by atoms with Crippen LogP contribution in [-0.4, -0.2) is 27.8 Å². The summed E-state index contributed by atoms with van der Waals surface area (Å²) in [6.07, 6.45) is 1.15. The average molecular weight is 412 g/mol. The van der Waals surface area contributed by atoms with E-state index in [0.29, 0.717) is 30.5 Å². The summed E-state index contributed by atoms with van der Waals surface area (Å²) in [5, 5.41) is 13.6.